The van der Waals surface area contributed by atoms with Gasteiger partial charge in [0.05, 0.1) is 18.6 Å². The van der Waals surface area contributed by atoms with Crippen LogP contribution in [0.3, 0.4) is 0 Å². The fraction of sp³-hybridized carbons (Fsp3) is 0.0909. The van der Waals surface area contributed by atoms with Crippen LogP contribution in [0.1, 0.15) is 15.4 Å². The molecule has 1 aromatic heterocycles. The maximum Gasteiger partial charge on any atom is 0.190 e. The van der Waals surface area contributed by atoms with Crippen LogP contribution in [0.5, 0.6) is 5.75 Å². The SMILES string of the molecule is N=C/C(=C\N)c1ccc2c(c1)OCCc1sc(C(N=CN)=Nc3cc(F)ccc3F)nc1-2. The third-order valence-electron chi connectivity index (χ3n) is 4.71. The van der Waals surface area contributed by atoms with Crippen molar-refractivity contribution < 1.29 is 13.5 Å². The zero-order valence-corrected chi connectivity index (χ0v) is 17.5. The van der Waals surface area contributed by atoms with E-state index in [9.17, 15) is 8.78 Å². The van der Waals surface area contributed by atoms with Gasteiger partial charge < -0.3 is 21.6 Å². The molecule has 0 atom stereocenters. The van der Waals surface area contributed by atoms with Crippen molar-refractivity contribution in [2.24, 2.45) is 21.5 Å². The van der Waals surface area contributed by atoms with E-state index in [1.807, 2.05) is 18.2 Å². The average molecular weight is 452 g/mol. The van der Waals surface area contributed by atoms with E-state index in [0.29, 0.717) is 35.1 Å². The molecule has 0 amide bonds. The molecule has 3 aromatic rings. The monoisotopic (exact) mass is 452 g/mol. The number of rotatable bonds is 4. The van der Waals surface area contributed by atoms with E-state index in [2.05, 4.69) is 15.0 Å². The van der Waals surface area contributed by atoms with Crippen LogP contribution in [-0.2, 0) is 6.42 Å². The molecule has 10 heteroatoms. The molecule has 1 aliphatic heterocycles. The summed E-state index contributed by atoms with van der Waals surface area (Å²) in [5.74, 6) is -0.619. The summed E-state index contributed by atoms with van der Waals surface area (Å²) in [6.45, 7) is 0.419. The number of aromatic nitrogens is 1. The summed E-state index contributed by atoms with van der Waals surface area (Å²) < 4.78 is 33.6. The van der Waals surface area contributed by atoms with Gasteiger partial charge in [0.15, 0.2) is 10.8 Å². The standard InChI is InChI=1S/C22H18F2N6OS/c23-14-2-4-16(24)17(8-14)29-21(28-11-27)22-30-20-15-3-1-12(13(9-25)10-26)7-18(15)31-6-5-19(20)32-22/h1-4,7-11,25H,5-6,26H2,(H2,27,28,29)/b13-10+,25-9?. The first kappa shape index (κ1) is 21.3. The third-order valence-corrected chi connectivity index (χ3v) is 5.82. The van der Waals surface area contributed by atoms with Crippen molar-refractivity contribution in [1.82, 2.24) is 4.98 Å². The molecule has 0 spiro atoms. The Bertz CT molecular complexity index is 1280. The molecule has 7 nitrogen and oxygen atoms in total. The summed E-state index contributed by atoms with van der Waals surface area (Å²) in [5, 5.41) is 7.91. The second kappa shape index (κ2) is 9.06. The second-order valence-corrected chi connectivity index (χ2v) is 7.76. The fourth-order valence-corrected chi connectivity index (χ4v) is 4.21. The molecule has 0 saturated heterocycles. The Kier molecular flexibility index (Phi) is 6.04. The maximum absolute atomic E-state index is 14.1. The first-order valence-corrected chi connectivity index (χ1v) is 10.3. The van der Waals surface area contributed by atoms with Gasteiger partial charge in [-0.2, -0.15) is 0 Å². The molecular weight excluding hydrogens is 434 g/mol. The van der Waals surface area contributed by atoms with Crippen LogP contribution in [-0.4, -0.2) is 30.0 Å². The molecule has 5 N–H and O–H groups in total. The predicted molar refractivity (Wildman–Crippen MR) is 123 cm³/mol. The Morgan fingerprint density at radius 1 is 1.19 bits per heavy atom. The Morgan fingerprint density at radius 2 is 2.03 bits per heavy atom. The van der Waals surface area contributed by atoms with E-state index in [4.69, 9.17) is 21.6 Å². The molecule has 0 saturated carbocycles. The number of benzene rings is 2. The summed E-state index contributed by atoms with van der Waals surface area (Å²) in [5.41, 5.74) is 13.6. The first-order valence-electron chi connectivity index (χ1n) is 9.52. The van der Waals surface area contributed by atoms with Crippen molar-refractivity contribution in [1.29, 1.82) is 5.41 Å². The van der Waals surface area contributed by atoms with Crippen molar-refractivity contribution >= 4 is 41.0 Å². The van der Waals surface area contributed by atoms with Crippen LogP contribution in [0.2, 0.25) is 0 Å². The zero-order valence-electron chi connectivity index (χ0n) is 16.7. The van der Waals surface area contributed by atoms with Crippen LogP contribution in [0, 0.1) is 17.0 Å². The van der Waals surface area contributed by atoms with Crippen molar-refractivity contribution in [3.05, 3.63) is 69.7 Å². The fourth-order valence-electron chi connectivity index (χ4n) is 3.21. The molecule has 0 unspecified atom stereocenters. The van der Waals surface area contributed by atoms with Crippen molar-refractivity contribution in [2.75, 3.05) is 6.61 Å². The van der Waals surface area contributed by atoms with Gasteiger partial charge in [0.1, 0.15) is 23.1 Å². The summed E-state index contributed by atoms with van der Waals surface area (Å²) in [6.07, 6.45) is 4.15. The van der Waals surface area contributed by atoms with Gasteiger partial charge in [-0.15, -0.1) is 11.3 Å². The van der Waals surface area contributed by atoms with Crippen molar-refractivity contribution in [2.45, 2.75) is 6.42 Å². The maximum atomic E-state index is 14.1. The smallest absolute Gasteiger partial charge is 0.190 e. The Morgan fingerprint density at radius 3 is 2.78 bits per heavy atom. The van der Waals surface area contributed by atoms with Crippen LogP contribution >= 0.6 is 11.3 Å². The van der Waals surface area contributed by atoms with E-state index in [-0.39, 0.29) is 11.5 Å². The largest absolute Gasteiger partial charge is 0.492 e. The van der Waals surface area contributed by atoms with Crippen molar-refractivity contribution in [3.63, 3.8) is 0 Å². The molecule has 0 radical (unpaired) electrons. The number of allylic oxidation sites excluding steroid dienone is 1. The molecular formula is C22H18F2N6OS. The number of nitrogens with zero attached hydrogens (tertiary/aromatic N) is 3. The molecule has 4 rings (SSSR count). The number of hydrogen-bond acceptors (Lipinski definition) is 6. The zero-order chi connectivity index (χ0) is 22.7. The lowest BCUT2D eigenvalue weighted by atomic mass is 10.0. The first-order chi connectivity index (χ1) is 15.5. The number of nitrogens with one attached hydrogen (secondary N) is 1. The van der Waals surface area contributed by atoms with Gasteiger partial charge in [0.2, 0.25) is 0 Å². The number of thiazole rings is 1. The molecule has 0 fully saturated rings. The molecule has 0 aliphatic carbocycles. The molecule has 32 heavy (non-hydrogen) atoms. The van der Waals surface area contributed by atoms with Gasteiger partial charge >= 0.3 is 0 Å². The number of halogens is 2. The Labute approximate surface area is 186 Å². The van der Waals surface area contributed by atoms with E-state index in [1.165, 1.54) is 23.8 Å². The molecule has 0 bridgehead atoms. The predicted octanol–water partition coefficient (Wildman–Crippen LogP) is 4.04. The number of nitrogens with two attached hydrogens (primary N) is 2. The third kappa shape index (κ3) is 4.12. The van der Waals surface area contributed by atoms with Gasteiger partial charge in [0.25, 0.3) is 0 Å². The Hall–Kier alpha value is -3.92. The van der Waals surface area contributed by atoms with Crippen LogP contribution < -0.4 is 16.2 Å². The number of ether oxygens (including phenoxy) is 1. The van der Waals surface area contributed by atoms with Gasteiger partial charge in [-0.05, 0) is 29.8 Å². The highest BCUT2D eigenvalue weighted by Crippen LogP contribution is 2.39. The lowest BCUT2D eigenvalue weighted by Crippen LogP contribution is -2.02. The highest BCUT2D eigenvalue weighted by Gasteiger charge is 2.23. The molecule has 162 valence electrons. The minimum Gasteiger partial charge on any atom is -0.492 e. The number of aliphatic imine (C=N–C) groups is 2. The van der Waals surface area contributed by atoms with Gasteiger partial charge in [-0.3, -0.25) is 0 Å². The summed E-state index contributed by atoms with van der Waals surface area (Å²) in [7, 11) is 0. The highest BCUT2D eigenvalue weighted by molar-refractivity contribution is 7.14. The molecule has 2 heterocycles. The van der Waals surface area contributed by atoms with Crippen LogP contribution in [0.4, 0.5) is 14.5 Å². The van der Waals surface area contributed by atoms with E-state index in [0.717, 1.165) is 40.5 Å². The quantitative estimate of drug-likeness (QED) is 0.408. The number of hydrogen-bond donors (Lipinski definition) is 3. The number of fused-ring (bicyclic) bond motifs is 3. The summed E-state index contributed by atoms with van der Waals surface area (Å²) in [4.78, 5) is 13.8. The lowest BCUT2D eigenvalue weighted by molar-refractivity contribution is 0.327. The van der Waals surface area contributed by atoms with Gasteiger partial charge in [-0.1, -0.05) is 6.07 Å². The Balaban J connectivity index is 1.81. The topological polar surface area (TPSA) is 123 Å². The second-order valence-electron chi connectivity index (χ2n) is 6.68. The van der Waals surface area contributed by atoms with Gasteiger partial charge in [0, 0.05) is 40.9 Å². The van der Waals surface area contributed by atoms with E-state index >= 15 is 0 Å². The molecule has 1 aliphatic rings. The van der Waals surface area contributed by atoms with E-state index in [1.54, 1.807) is 0 Å². The number of amidine groups is 1. The van der Waals surface area contributed by atoms with Crippen LogP contribution in [0.25, 0.3) is 16.8 Å². The minimum atomic E-state index is -0.685. The lowest BCUT2D eigenvalue weighted by Gasteiger charge is -2.09. The van der Waals surface area contributed by atoms with Crippen molar-refractivity contribution in [3.8, 4) is 17.0 Å². The minimum absolute atomic E-state index is 0.0753. The molecule has 2 aromatic carbocycles. The summed E-state index contributed by atoms with van der Waals surface area (Å²) in [6, 6.07) is 8.48. The van der Waals surface area contributed by atoms with Crippen LogP contribution in [0.15, 0.2) is 52.6 Å². The van der Waals surface area contributed by atoms with Gasteiger partial charge in [-0.25, -0.2) is 23.7 Å². The summed E-state index contributed by atoms with van der Waals surface area (Å²) >= 11 is 1.33. The highest BCUT2D eigenvalue weighted by atomic mass is 32.1. The van der Waals surface area contributed by atoms with E-state index < -0.39 is 11.6 Å². The average Bonchev–Trinajstić information content (AvgIpc) is 3.13. The normalized spacial score (nSPS) is 13.9.